The van der Waals surface area contributed by atoms with Crippen LogP contribution in [-0.2, 0) is 0 Å². The molecule has 3 N–H and O–H groups in total. The molecule has 5 nitrogen and oxygen atoms in total. The van der Waals surface area contributed by atoms with Gasteiger partial charge in [0.1, 0.15) is 0 Å². The van der Waals surface area contributed by atoms with Crippen LogP contribution in [0.25, 0.3) is 0 Å². The van der Waals surface area contributed by atoms with E-state index in [0.29, 0.717) is 23.2 Å². The summed E-state index contributed by atoms with van der Waals surface area (Å²) in [6.45, 7) is 5.77. The normalized spacial score (nSPS) is 11.7. The average Bonchev–Trinajstić information content (AvgIpc) is 2.62. The van der Waals surface area contributed by atoms with Gasteiger partial charge >= 0.3 is 0 Å². The van der Waals surface area contributed by atoms with Crippen molar-refractivity contribution in [3.05, 3.63) is 64.7 Å². The van der Waals surface area contributed by atoms with Crippen LogP contribution >= 0.6 is 0 Å². The molecule has 0 saturated heterocycles. The molecule has 0 aliphatic rings. The van der Waals surface area contributed by atoms with E-state index < -0.39 is 0 Å². The third-order valence-corrected chi connectivity index (χ3v) is 4.22. The zero-order valence-corrected chi connectivity index (χ0v) is 14.8. The highest BCUT2D eigenvalue weighted by atomic mass is 16.3. The summed E-state index contributed by atoms with van der Waals surface area (Å²) < 4.78 is 0. The van der Waals surface area contributed by atoms with Crippen molar-refractivity contribution in [2.24, 2.45) is 0 Å². The number of hydrogen-bond acceptors (Lipinski definition) is 3. The molecule has 0 spiro atoms. The first-order valence-corrected chi connectivity index (χ1v) is 8.35. The Hall–Kier alpha value is -2.66. The molecule has 0 fully saturated rings. The smallest absolute Gasteiger partial charge is 0.255 e. The van der Waals surface area contributed by atoms with Crippen molar-refractivity contribution >= 4 is 17.5 Å². The van der Waals surface area contributed by atoms with E-state index in [1.807, 2.05) is 32.9 Å². The molecular weight excluding hydrogens is 316 g/mol. The van der Waals surface area contributed by atoms with Gasteiger partial charge in [-0.15, -0.1) is 0 Å². The Kier molecular flexibility index (Phi) is 6.31. The second-order valence-electron chi connectivity index (χ2n) is 6.09. The quantitative estimate of drug-likeness (QED) is 0.756. The molecule has 25 heavy (non-hydrogen) atoms. The topological polar surface area (TPSA) is 78.4 Å². The van der Waals surface area contributed by atoms with E-state index in [0.717, 1.165) is 11.1 Å². The number of aliphatic hydroxyl groups excluding tert-OH is 1. The lowest BCUT2D eigenvalue weighted by Crippen LogP contribution is -2.36. The largest absolute Gasteiger partial charge is 0.394 e. The predicted octanol–water partition coefficient (Wildman–Crippen LogP) is 3.06. The Morgan fingerprint density at radius 3 is 2.16 bits per heavy atom. The van der Waals surface area contributed by atoms with E-state index in [-0.39, 0.29) is 24.5 Å². The van der Waals surface area contributed by atoms with Gasteiger partial charge in [0.05, 0.1) is 12.6 Å². The number of amides is 2. The van der Waals surface area contributed by atoms with Gasteiger partial charge in [-0.05, 0) is 67.8 Å². The molecule has 0 aromatic heterocycles. The molecule has 2 amide bonds. The number of aryl methyl sites for hydroxylation is 2. The zero-order chi connectivity index (χ0) is 18.4. The SMILES string of the molecule is CCC(CO)NC(=O)c1ccc(NC(=O)c2ccc(C)c(C)c2)cc1. The number of anilines is 1. The lowest BCUT2D eigenvalue weighted by Gasteiger charge is -2.14. The van der Waals surface area contributed by atoms with Crippen molar-refractivity contribution in [3.8, 4) is 0 Å². The van der Waals surface area contributed by atoms with Crippen LogP contribution in [0.15, 0.2) is 42.5 Å². The Bertz CT molecular complexity index is 750. The predicted molar refractivity (Wildman–Crippen MR) is 98.9 cm³/mol. The highest BCUT2D eigenvalue weighted by molar-refractivity contribution is 6.04. The molecule has 2 rings (SSSR count). The van der Waals surface area contributed by atoms with Crippen LogP contribution in [0.3, 0.4) is 0 Å². The number of rotatable bonds is 6. The van der Waals surface area contributed by atoms with E-state index in [1.165, 1.54) is 0 Å². The zero-order valence-electron chi connectivity index (χ0n) is 14.8. The van der Waals surface area contributed by atoms with Gasteiger partial charge in [-0.2, -0.15) is 0 Å². The Labute approximate surface area is 148 Å². The maximum Gasteiger partial charge on any atom is 0.255 e. The maximum atomic E-state index is 12.3. The van der Waals surface area contributed by atoms with Crippen molar-refractivity contribution in [2.75, 3.05) is 11.9 Å². The van der Waals surface area contributed by atoms with E-state index in [1.54, 1.807) is 30.3 Å². The Balaban J connectivity index is 2.03. The van der Waals surface area contributed by atoms with Crippen molar-refractivity contribution in [1.82, 2.24) is 5.32 Å². The molecule has 132 valence electrons. The van der Waals surface area contributed by atoms with Crippen LogP contribution in [0.5, 0.6) is 0 Å². The summed E-state index contributed by atoms with van der Waals surface area (Å²) in [5.41, 5.74) is 3.90. The van der Waals surface area contributed by atoms with Gasteiger partial charge in [-0.3, -0.25) is 9.59 Å². The second-order valence-corrected chi connectivity index (χ2v) is 6.09. The first-order valence-electron chi connectivity index (χ1n) is 8.35. The van der Waals surface area contributed by atoms with E-state index in [4.69, 9.17) is 5.11 Å². The first-order chi connectivity index (χ1) is 11.9. The van der Waals surface area contributed by atoms with Gasteiger partial charge in [0.25, 0.3) is 11.8 Å². The molecule has 2 aromatic rings. The fraction of sp³-hybridized carbons (Fsp3) is 0.300. The monoisotopic (exact) mass is 340 g/mol. The third-order valence-electron chi connectivity index (χ3n) is 4.22. The number of benzene rings is 2. The van der Waals surface area contributed by atoms with Crippen molar-refractivity contribution in [1.29, 1.82) is 0 Å². The Morgan fingerprint density at radius 1 is 0.960 bits per heavy atom. The fourth-order valence-corrected chi connectivity index (χ4v) is 2.34. The number of aliphatic hydroxyl groups is 1. The molecule has 2 aromatic carbocycles. The molecule has 0 heterocycles. The minimum Gasteiger partial charge on any atom is -0.394 e. The van der Waals surface area contributed by atoms with Gasteiger partial charge in [0, 0.05) is 16.8 Å². The van der Waals surface area contributed by atoms with Gasteiger partial charge in [0.2, 0.25) is 0 Å². The highest BCUT2D eigenvalue weighted by Gasteiger charge is 2.12. The van der Waals surface area contributed by atoms with Gasteiger partial charge in [-0.25, -0.2) is 0 Å². The summed E-state index contributed by atoms with van der Waals surface area (Å²) >= 11 is 0. The maximum absolute atomic E-state index is 12.3. The molecule has 0 radical (unpaired) electrons. The van der Waals surface area contributed by atoms with Crippen LogP contribution < -0.4 is 10.6 Å². The molecule has 0 aliphatic heterocycles. The van der Waals surface area contributed by atoms with Crippen LogP contribution in [0.4, 0.5) is 5.69 Å². The molecule has 5 heteroatoms. The van der Waals surface area contributed by atoms with Crippen LogP contribution in [0.1, 0.15) is 45.2 Å². The number of carbonyl (C=O) groups excluding carboxylic acids is 2. The molecule has 1 atom stereocenters. The molecule has 0 bridgehead atoms. The second kappa shape index (κ2) is 8.44. The summed E-state index contributed by atoms with van der Waals surface area (Å²) in [7, 11) is 0. The number of nitrogens with one attached hydrogen (secondary N) is 2. The van der Waals surface area contributed by atoms with Crippen molar-refractivity contribution in [3.63, 3.8) is 0 Å². The highest BCUT2D eigenvalue weighted by Crippen LogP contribution is 2.14. The van der Waals surface area contributed by atoms with Crippen molar-refractivity contribution < 1.29 is 14.7 Å². The average molecular weight is 340 g/mol. The standard InChI is InChI=1S/C20H24N2O3/c1-4-17(12-23)21-19(24)15-7-9-18(10-8-15)22-20(25)16-6-5-13(2)14(3)11-16/h5-11,17,23H,4,12H2,1-3H3,(H,21,24)(H,22,25). The summed E-state index contributed by atoms with van der Waals surface area (Å²) in [5.74, 6) is -0.431. The van der Waals surface area contributed by atoms with Crippen molar-refractivity contribution in [2.45, 2.75) is 33.2 Å². The van der Waals surface area contributed by atoms with Crippen LogP contribution in [-0.4, -0.2) is 29.6 Å². The lowest BCUT2D eigenvalue weighted by molar-refractivity contribution is 0.0914. The minimum atomic E-state index is -0.253. The molecule has 0 saturated carbocycles. The lowest BCUT2D eigenvalue weighted by atomic mass is 10.1. The first kappa shape index (κ1) is 18.7. The number of carbonyl (C=O) groups is 2. The van der Waals surface area contributed by atoms with Gasteiger partial charge in [0.15, 0.2) is 0 Å². The molecular formula is C20H24N2O3. The summed E-state index contributed by atoms with van der Waals surface area (Å²) in [5, 5.41) is 14.7. The van der Waals surface area contributed by atoms with E-state index >= 15 is 0 Å². The number of hydrogen-bond donors (Lipinski definition) is 3. The summed E-state index contributed by atoms with van der Waals surface area (Å²) in [6, 6.07) is 12.0. The Morgan fingerprint density at radius 2 is 1.60 bits per heavy atom. The minimum absolute atomic E-state index is 0.0909. The van der Waals surface area contributed by atoms with E-state index in [9.17, 15) is 9.59 Å². The van der Waals surface area contributed by atoms with E-state index in [2.05, 4.69) is 10.6 Å². The van der Waals surface area contributed by atoms with Crippen LogP contribution in [0.2, 0.25) is 0 Å². The van der Waals surface area contributed by atoms with Gasteiger partial charge < -0.3 is 15.7 Å². The molecule has 1 unspecified atom stereocenters. The summed E-state index contributed by atoms with van der Waals surface area (Å²) in [4.78, 5) is 24.4. The molecule has 0 aliphatic carbocycles. The van der Waals surface area contributed by atoms with Crippen LogP contribution in [0, 0.1) is 13.8 Å². The fourth-order valence-electron chi connectivity index (χ4n) is 2.34. The van der Waals surface area contributed by atoms with Gasteiger partial charge in [-0.1, -0.05) is 13.0 Å². The third kappa shape index (κ3) is 4.90. The summed E-state index contributed by atoms with van der Waals surface area (Å²) in [6.07, 6.45) is 0.659.